The molecule has 2 heterocycles. The minimum Gasteiger partial charge on any atom is -0.489 e. The molecular formula is C22H23N5O2. The first-order valence-corrected chi connectivity index (χ1v) is 9.61. The summed E-state index contributed by atoms with van der Waals surface area (Å²) in [6.45, 7) is 3.38. The lowest BCUT2D eigenvalue weighted by atomic mass is 10.2. The maximum absolute atomic E-state index is 10.9. The van der Waals surface area contributed by atoms with Crippen molar-refractivity contribution < 1.29 is 9.53 Å². The highest BCUT2D eigenvalue weighted by molar-refractivity contribution is 5.58. The van der Waals surface area contributed by atoms with Gasteiger partial charge in [0.2, 0.25) is 12.4 Å². The normalized spacial score (nSPS) is 13.8. The molecule has 0 atom stereocenters. The van der Waals surface area contributed by atoms with Crippen molar-refractivity contribution in [3.8, 4) is 5.75 Å². The average molecular weight is 389 g/mol. The van der Waals surface area contributed by atoms with E-state index in [2.05, 4.69) is 20.2 Å². The van der Waals surface area contributed by atoms with Crippen molar-refractivity contribution in [2.24, 2.45) is 0 Å². The monoisotopic (exact) mass is 389 g/mol. The Morgan fingerprint density at radius 1 is 0.966 bits per heavy atom. The summed E-state index contributed by atoms with van der Waals surface area (Å²) in [4.78, 5) is 23.7. The van der Waals surface area contributed by atoms with Gasteiger partial charge in [0.05, 0.1) is 0 Å². The molecule has 1 aromatic heterocycles. The van der Waals surface area contributed by atoms with Gasteiger partial charge in [-0.15, -0.1) is 0 Å². The van der Waals surface area contributed by atoms with Gasteiger partial charge in [-0.25, -0.2) is 4.98 Å². The van der Waals surface area contributed by atoms with Crippen molar-refractivity contribution in [2.75, 3.05) is 36.4 Å². The van der Waals surface area contributed by atoms with Crippen LogP contribution in [-0.4, -0.2) is 47.5 Å². The highest BCUT2D eigenvalue weighted by Gasteiger charge is 2.17. The van der Waals surface area contributed by atoms with E-state index in [4.69, 9.17) is 4.74 Å². The first-order chi connectivity index (χ1) is 14.3. The summed E-state index contributed by atoms with van der Waals surface area (Å²) in [5.74, 6) is 2.21. The van der Waals surface area contributed by atoms with Crippen LogP contribution in [0.1, 0.15) is 5.56 Å². The quantitative estimate of drug-likeness (QED) is 0.626. The maximum atomic E-state index is 10.9. The number of ether oxygens (including phenoxy) is 1. The van der Waals surface area contributed by atoms with Crippen LogP contribution in [-0.2, 0) is 11.4 Å². The zero-order valence-electron chi connectivity index (χ0n) is 16.1. The fourth-order valence-electron chi connectivity index (χ4n) is 3.12. The zero-order valence-corrected chi connectivity index (χ0v) is 16.1. The number of amides is 1. The Balaban J connectivity index is 1.35. The molecular weight excluding hydrogens is 366 g/mol. The smallest absolute Gasteiger partial charge is 0.227 e. The van der Waals surface area contributed by atoms with Crippen LogP contribution in [0.15, 0.2) is 66.9 Å². The Hall–Kier alpha value is -3.61. The van der Waals surface area contributed by atoms with Crippen LogP contribution in [0.25, 0.3) is 0 Å². The number of nitrogens with one attached hydrogen (secondary N) is 1. The molecule has 1 aliphatic heterocycles. The molecule has 1 aliphatic rings. The number of aromatic nitrogens is 2. The SMILES string of the molecule is O=CN1CCN(c2nccc(Nc3ccc(OCc4ccccc4)cc3)n2)CC1. The molecule has 1 fully saturated rings. The first kappa shape index (κ1) is 18.7. The number of rotatable bonds is 7. The Kier molecular flexibility index (Phi) is 5.85. The van der Waals surface area contributed by atoms with Crippen LogP contribution in [0.2, 0.25) is 0 Å². The lowest BCUT2D eigenvalue weighted by Crippen LogP contribution is -2.46. The first-order valence-electron chi connectivity index (χ1n) is 9.61. The highest BCUT2D eigenvalue weighted by atomic mass is 16.5. The van der Waals surface area contributed by atoms with Crippen LogP contribution < -0.4 is 15.0 Å². The van der Waals surface area contributed by atoms with Gasteiger partial charge in [-0.2, -0.15) is 4.98 Å². The maximum Gasteiger partial charge on any atom is 0.227 e. The van der Waals surface area contributed by atoms with E-state index in [-0.39, 0.29) is 0 Å². The standard InChI is InChI=1S/C22H23N5O2/c28-17-26-12-14-27(15-13-26)22-23-11-10-21(25-22)24-19-6-8-20(9-7-19)29-16-18-4-2-1-3-5-18/h1-11,17H,12-16H2,(H,23,24,25). The molecule has 4 rings (SSSR count). The molecule has 7 nitrogen and oxygen atoms in total. The zero-order chi connectivity index (χ0) is 19.9. The van der Waals surface area contributed by atoms with Crippen LogP contribution >= 0.6 is 0 Å². The van der Waals surface area contributed by atoms with E-state index in [1.54, 1.807) is 11.1 Å². The van der Waals surface area contributed by atoms with E-state index < -0.39 is 0 Å². The number of carbonyl (C=O) groups excluding carboxylic acids is 1. The summed E-state index contributed by atoms with van der Waals surface area (Å²) >= 11 is 0. The summed E-state index contributed by atoms with van der Waals surface area (Å²) < 4.78 is 5.82. The van der Waals surface area contributed by atoms with E-state index in [0.29, 0.717) is 25.6 Å². The van der Waals surface area contributed by atoms with Crippen molar-refractivity contribution in [1.29, 1.82) is 0 Å². The van der Waals surface area contributed by atoms with Gasteiger partial charge >= 0.3 is 0 Å². The molecule has 0 spiro atoms. The number of carbonyl (C=O) groups is 1. The summed E-state index contributed by atoms with van der Waals surface area (Å²) in [7, 11) is 0. The molecule has 7 heteroatoms. The number of nitrogens with zero attached hydrogens (tertiary/aromatic N) is 4. The number of hydrogen-bond donors (Lipinski definition) is 1. The van der Waals surface area contributed by atoms with E-state index in [1.165, 1.54) is 0 Å². The van der Waals surface area contributed by atoms with Crippen LogP contribution in [0, 0.1) is 0 Å². The Labute approximate surface area is 170 Å². The number of anilines is 3. The van der Waals surface area contributed by atoms with Crippen molar-refractivity contribution in [3.05, 3.63) is 72.4 Å². The topological polar surface area (TPSA) is 70.6 Å². The lowest BCUT2D eigenvalue weighted by molar-refractivity contribution is -0.118. The van der Waals surface area contributed by atoms with Crippen molar-refractivity contribution >= 4 is 23.9 Å². The van der Waals surface area contributed by atoms with Gasteiger partial charge in [0.1, 0.15) is 18.2 Å². The molecule has 0 bridgehead atoms. The summed E-state index contributed by atoms with van der Waals surface area (Å²) in [6.07, 6.45) is 2.64. The molecule has 0 radical (unpaired) electrons. The number of benzene rings is 2. The minimum absolute atomic E-state index is 0.542. The molecule has 29 heavy (non-hydrogen) atoms. The Morgan fingerprint density at radius 2 is 1.72 bits per heavy atom. The molecule has 0 aliphatic carbocycles. The molecule has 1 saturated heterocycles. The predicted octanol–water partition coefficient (Wildman–Crippen LogP) is 3.08. The largest absolute Gasteiger partial charge is 0.489 e. The van der Waals surface area contributed by atoms with E-state index in [0.717, 1.165) is 42.3 Å². The summed E-state index contributed by atoms with van der Waals surface area (Å²) in [5, 5.41) is 3.30. The second kappa shape index (κ2) is 9.05. The van der Waals surface area contributed by atoms with E-state index in [9.17, 15) is 4.79 Å². The fourth-order valence-corrected chi connectivity index (χ4v) is 3.12. The third-order valence-corrected chi connectivity index (χ3v) is 4.76. The predicted molar refractivity (Wildman–Crippen MR) is 112 cm³/mol. The van der Waals surface area contributed by atoms with Crippen molar-refractivity contribution in [1.82, 2.24) is 14.9 Å². The van der Waals surface area contributed by atoms with Gasteiger partial charge < -0.3 is 19.9 Å². The molecule has 148 valence electrons. The average Bonchev–Trinajstić information content (AvgIpc) is 2.79. The minimum atomic E-state index is 0.542. The number of hydrogen-bond acceptors (Lipinski definition) is 6. The van der Waals surface area contributed by atoms with Crippen molar-refractivity contribution in [3.63, 3.8) is 0 Å². The molecule has 1 N–H and O–H groups in total. The second-order valence-corrected chi connectivity index (χ2v) is 6.79. The van der Waals surface area contributed by atoms with Gasteiger partial charge in [0, 0.05) is 38.1 Å². The summed E-state index contributed by atoms with van der Waals surface area (Å²) in [5.41, 5.74) is 2.06. The van der Waals surface area contributed by atoms with Gasteiger partial charge in [0.15, 0.2) is 0 Å². The molecule has 0 unspecified atom stereocenters. The third-order valence-electron chi connectivity index (χ3n) is 4.76. The van der Waals surface area contributed by atoms with Gasteiger partial charge in [-0.1, -0.05) is 30.3 Å². The Bertz CT molecular complexity index is 925. The van der Waals surface area contributed by atoms with Gasteiger partial charge in [0.25, 0.3) is 0 Å². The summed E-state index contributed by atoms with van der Waals surface area (Å²) in [6, 6.07) is 19.7. The van der Waals surface area contributed by atoms with Crippen LogP contribution in [0.5, 0.6) is 5.75 Å². The second-order valence-electron chi connectivity index (χ2n) is 6.79. The van der Waals surface area contributed by atoms with Gasteiger partial charge in [-0.05, 0) is 35.9 Å². The Morgan fingerprint density at radius 3 is 2.45 bits per heavy atom. The molecule has 2 aromatic carbocycles. The fraction of sp³-hybridized carbons (Fsp3) is 0.227. The van der Waals surface area contributed by atoms with E-state index >= 15 is 0 Å². The molecule has 1 amide bonds. The van der Waals surface area contributed by atoms with Crippen LogP contribution in [0.3, 0.4) is 0 Å². The van der Waals surface area contributed by atoms with E-state index in [1.807, 2.05) is 60.7 Å². The number of piperazine rings is 1. The van der Waals surface area contributed by atoms with Crippen molar-refractivity contribution in [2.45, 2.75) is 6.61 Å². The molecule has 3 aromatic rings. The molecule has 0 saturated carbocycles. The lowest BCUT2D eigenvalue weighted by Gasteiger charge is -2.32. The van der Waals surface area contributed by atoms with Crippen LogP contribution in [0.4, 0.5) is 17.5 Å². The highest BCUT2D eigenvalue weighted by Crippen LogP contribution is 2.21. The van der Waals surface area contributed by atoms with Gasteiger partial charge in [-0.3, -0.25) is 4.79 Å². The third kappa shape index (κ3) is 5.01.